The van der Waals surface area contributed by atoms with E-state index in [9.17, 15) is 19.3 Å². The largest absolute Gasteiger partial charge is 0.477 e. The van der Waals surface area contributed by atoms with Gasteiger partial charge in [0.2, 0.25) is 5.82 Å². The third kappa shape index (κ3) is 3.23. The maximum Gasteiger partial charge on any atom is 0.354 e. The zero-order valence-electron chi connectivity index (χ0n) is 10.2. The monoisotopic (exact) mass is 311 g/mol. The number of pyridine rings is 1. The summed E-state index contributed by atoms with van der Waals surface area (Å²) in [5, 5.41) is 22.3. The molecule has 2 aromatic rings. The number of hydrogen-bond acceptors (Lipinski definition) is 5. The molecule has 0 amide bonds. The Morgan fingerprint density at radius 3 is 2.67 bits per heavy atom. The standard InChI is InChI=1S/C12H7ClFN3O4/c13-7-5-6(14)1-2-8(7)15-11-10(17(20)21)4-3-9(16-11)12(18)19/h1-5H,(H,15,16)(H,18,19). The van der Waals surface area contributed by atoms with Gasteiger partial charge in [0.25, 0.3) is 0 Å². The van der Waals surface area contributed by atoms with Gasteiger partial charge in [-0.15, -0.1) is 0 Å². The van der Waals surface area contributed by atoms with Gasteiger partial charge in [0.1, 0.15) is 5.82 Å². The number of benzene rings is 1. The summed E-state index contributed by atoms with van der Waals surface area (Å²) >= 11 is 5.80. The van der Waals surface area contributed by atoms with Gasteiger partial charge in [-0.25, -0.2) is 14.2 Å². The fourth-order valence-electron chi connectivity index (χ4n) is 1.53. The Bertz CT molecular complexity index is 738. The van der Waals surface area contributed by atoms with Crippen molar-refractivity contribution in [2.45, 2.75) is 0 Å². The average Bonchev–Trinajstić information content (AvgIpc) is 2.41. The van der Waals surface area contributed by atoms with Crippen LogP contribution in [-0.4, -0.2) is 21.0 Å². The molecule has 0 atom stereocenters. The van der Waals surface area contributed by atoms with Crippen LogP contribution in [0.5, 0.6) is 0 Å². The minimum Gasteiger partial charge on any atom is -0.477 e. The third-order valence-electron chi connectivity index (χ3n) is 2.47. The fraction of sp³-hybridized carbons (Fsp3) is 0. The Balaban J connectivity index is 2.48. The molecule has 1 aromatic heterocycles. The Hall–Kier alpha value is -2.74. The second kappa shape index (κ2) is 5.71. The predicted molar refractivity (Wildman–Crippen MR) is 72.5 cm³/mol. The number of carbonyl (C=O) groups is 1. The van der Waals surface area contributed by atoms with E-state index in [1.165, 1.54) is 6.07 Å². The van der Waals surface area contributed by atoms with Crippen LogP contribution in [0.2, 0.25) is 5.02 Å². The quantitative estimate of drug-likeness (QED) is 0.663. The molecule has 2 N–H and O–H groups in total. The first kappa shape index (κ1) is 14.7. The lowest BCUT2D eigenvalue weighted by atomic mass is 10.2. The highest BCUT2D eigenvalue weighted by Gasteiger charge is 2.19. The summed E-state index contributed by atoms with van der Waals surface area (Å²) in [5.74, 6) is -2.21. The summed E-state index contributed by atoms with van der Waals surface area (Å²) in [5.41, 5.74) is -0.641. The number of nitrogens with zero attached hydrogens (tertiary/aromatic N) is 2. The summed E-state index contributed by atoms with van der Waals surface area (Å²) in [6.07, 6.45) is 0. The van der Waals surface area contributed by atoms with Gasteiger partial charge < -0.3 is 10.4 Å². The first-order valence-corrected chi connectivity index (χ1v) is 5.87. The second-order valence-electron chi connectivity index (χ2n) is 3.88. The number of nitro groups is 1. The lowest BCUT2D eigenvalue weighted by molar-refractivity contribution is -0.384. The van der Waals surface area contributed by atoms with Gasteiger partial charge in [-0.2, -0.15) is 0 Å². The lowest BCUT2D eigenvalue weighted by Gasteiger charge is -2.08. The highest BCUT2D eigenvalue weighted by atomic mass is 35.5. The SMILES string of the molecule is O=C(O)c1ccc([N+](=O)[O-])c(Nc2ccc(F)cc2Cl)n1. The van der Waals surface area contributed by atoms with Crippen molar-refractivity contribution in [2.75, 3.05) is 5.32 Å². The van der Waals surface area contributed by atoms with Gasteiger partial charge in [-0.3, -0.25) is 10.1 Å². The third-order valence-corrected chi connectivity index (χ3v) is 2.79. The molecule has 0 bridgehead atoms. The number of rotatable bonds is 4. The van der Waals surface area contributed by atoms with E-state index in [2.05, 4.69) is 10.3 Å². The molecule has 108 valence electrons. The van der Waals surface area contributed by atoms with E-state index in [1.54, 1.807) is 0 Å². The van der Waals surface area contributed by atoms with Crippen LogP contribution in [0.3, 0.4) is 0 Å². The Kier molecular flexibility index (Phi) is 3.99. The van der Waals surface area contributed by atoms with Crippen LogP contribution in [-0.2, 0) is 0 Å². The molecular formula is C12H7ClFN3O4. The number of halogens is 2. The van der Waals surface area contributed by atoms with Crippen LogP contribution in [0.1, 0.15) is 10.5 Å². The van der Waals surface area contributed by atoms with Crippen LogP contribution >= 0.6 is 11.6 Å². The summed E-state index contributed by atoms with van der Waals surface area (Å²) < 4.78 is 12.9. The van der Waals surface area contributed by atoms with Crippen LogP contribution < -0.4 is 5.32 Å². The van der Waals surface area contributed by atoms with E-state index in [1.807, 2.05) is 0 Å². The number of nitrogens with one attached hydrogen (secondary N) is 1. The number of aromatic carboxylic acids is 1. The first-order valence-electron chi connectivity index (χ1n) is 5.49. The molecule has 21 heavy (non-hydrogen) atoms. The maximum absolute atomic E-state index is 12.9. The minimum atomic E-state index is -1.34. The van der Waals surface area contributed by atoms with E-state index < -0.39 is 22.4 Å². The fourth-order valence-corrected chi connectivity index (χ4v) is 1.74. The molecule has 0 fully saturated rings. The van der Waals surface area contributed by atoms with Gasteiger partial charge in [0.15, 0.2) is 5.69 Å². The smallest absolute Gasteiger partial charge is 0.354 e. The molecule has 1 heterocycles. The average molecular weight is 312 g/mol. The summed E-state index contributed by atoms with van der Waals surface area (Å²) in [4.78, 5) is 24.7. The van der Waals surface area contributed by atoms with Crippen molar-refractivity contribution in [3.05, 3.63) is 57.0 Å². The van der Waals surface area contributed by atoms with E-state index in [0.29, 0.717) is 0 Å². The number of aromatic nitrogens is 1. The van der Waals surface area contributed by atoms with E-state index in [4.69, 9.17) is 16.7 Å². The van der Waals surface area contributed by atoms with Crippen molar-refractivity contribution < 1.29 is 19.2 Å². The molecule has 0 radical (unpaired) electrons. The summed E-state index contributed by atoms with van der Waals surface area (Å²) in [6.45, 7) is 0. The molecule has 0 saturated carbocycles. The minimum absolute atomic E-state index is 0.0215. The van der Waals surface area contributed by atoms with Gasteiger partial charge in [0.05, 0.1) is 15.6 Å². The van der Waals surface area contributed by atoms with Crippen LogP contribution in [0, 0.1) is 15.9 Å². The summed E-state index contributed by atoms with van der Waals surface area (Å²) in [6, 6.07) is 5.39. The Morgan fingerprint density at radius 2 is 2.10 bits per heavy atom. The van der Waals surface area contributed by atoms with Crippen LogP contribution in [0.15, 0.2) is 30.3 Å². The Morgan fingerprint density at radius 1 is 1.38 bits per heavy atom. The topological polar surface area (TPSA) is 105 Å². The van der Waals surface area contributed by atoms with Gasteiger partial charge >= 0.3 is 11.7 Å². The molecular weight excluding hydrogens is 305 g/mol. The van der Waals surface area contributed by atoms with Crippen molar-refractivity contribution >= 4 is 34.8 Å². The molecule has 9 heteroatoms. The highest BCUT2D eigenvalue weighted by molar-refractivity contribution is 6.33. The lowest BCUT2D eigenvalue weighted by Crippen LogP contribution is -2.06. The zero-order chi connectivity index (χ0) is 15.6. The van der Waals surface area contributed by atoms with Crippen LogP contribution in [0.25, 0.3) is 0 Å². The van der Waals surface area contributed by atoms with Gasteiger partial charge in [-0.05, 0) is 24.3 Å². The normalized spacial score (nSPS) is 10.2. The molecule has 0 aliphatic rings. The molecule has 2 rings (SSSR count). The van der Waals surface area contributed by atoms with E-state index >= 15 is 0 Å². The van der Waals surface area contributed by atoms with E-state index in [-0.39, 0.29) is 22.2 Å². The predicted octanol–water partition coefficient (Wildman–Crippen LogP) is 3.22. The van der Waals surface area contributed by atoms with Crippen molar-refractivity contribution in [1.29, 1.82) is 0 Å². The molecule has 0 aliphatic carbocycles. The molecule has 0 saturated heterocycles. The highest BCUT2D eigenvalue weighted by Crippen LogP contribution is 2.30. The van der Waals surface area contributed by atoms with E-state index in [0.717, 1.165) is 24.3 Å². The van der Waals surface area contributed by atoms with Gasteiger partial charge in [-0.1, -0.05) is 11.6 Å². The van der Waals surface area contributed by atoms with Gasteiger partial charge in [0, 0.05) is 6.07 Å². The number of carboxylic acids is 1. The Labute approximate surface area is 122 Å². The zero-order valence-corrected chi connectivity index (χ0v) is 11.0. The second-order valence-corrected chi connectivity index (χ2v) is 4.28. The van der Waals surface area contributed by atoms with Crippen molar-refractivity contribution in [3.8, 4) is 0 Å². The van der Waals surface area contributed by atoms with Crippen molar-refractivity contribution in [2.24, 2.45) is 0 Å². The number of hydrogen-bond donors (Lipinski definition) is 2. The van der Waals surface area contributed by atoms with Crippen LogP contribution in [0.4, 0.5) is 21.6 Å². The molecule has 7 nitrogen and oxygen atoms in total. The maximum atomic E-state index is 12.9. The summed E-state index contributed by atoms with van der Waals surface area (Å²) in [7, 11) is 0. The molecule has 1 aromatic carbocycles. The van der Waals surface area contributed by atoms with Crippen molar-refractivity contribution in [1.82, 2.24) is 4.98 Å². The molecule has 0 unspecified atom stereocenters. The number of anilines is 2. The van der Waals surface area contributed by atoms with Crippen molar-refractivity contribution in [3.63, 3.8) is 0 Å². The molecule has 0 aliphatic heterocycles. The number of carboxylic acid groups (broad SMARTS) is 1. The molecule has 0 spiro atoms. The first-order chi connectivity index (χ1) is 9.88.